The van der Waals surface area contributed by atoms with E-state index in [1.165, 1.54) is 6.07 Å². The molecule has 0 spiro atoms. The summed E-state index contributed by atoms with van der Waals surface area (Å²) < 4.78 is 37.6. The van der Waals surface area contributed by atoms with Crippen LogP contribution in [0.2, 0.25) is 0 Å². The lowest BCUT2D eigenvalue weighted by Crippen LogP contribution is -2.28. The van der Waals surface area contributed by atoms with Crippen LogP contribution in [0.15, 0.2) is 42.5 Å². The fourth-order valence-electron chi connectivity index (χ4n) is 1.70. The molecule has 2 aromatic rings. The zero-order chi connectivity index (χ0) is 11.8. The van der Waals surface area contributed by atoms with Gasteiger partial charge >= 0.3 is 6.18 Å². The molecule has 0 fully saturated rings. The van der Waals surface area contributed by atoms with Gasteiger partial charge < -0.3 is 5.73 Å². The molecular formula is C12H11ClF3N. The SMILES string of the molecule is Cl.N[C@@H](c1cccc2ccccc12)C(F)(F)F. The van der Waals surface area contributed by atoms with E-state index in [0.717, 1.165) is 5.39 Å². The van der Waals surface area contributed by atoms with Gasteiger partial charge in [-0.05, 0) is 16.3 Å². The van der Waals surface area contributed by atoms with Gasteiger partial charge in [0.2, 0.25) is 0 Å². The van der Waals surface area contributed by atoms with Gasteiger partial charge in [0.1, 0.15) is 6.04 Å². The molecular weight excluding hydrogens is 251 g/mol. The Kier molecular flexibility index (Phi) is 4.01. The second kappa shape index (κ2) is 4.94. The Bertz CT molecular complexity index is 505. The van der Waals surface area contributed by atoms with Crippen LogP contribution >= 0.6 is 12.4 Å². The molecule has 0 amide bonds. The first-order valence-corrected chi connectivity index (χ1v) is 4.80. The summed E-state index contributed by atoms with van der Waals surface area (Å²) in [6, 6.07) is 9.74. The van der Waals surface area contributed by atoms with Gasteiger partial charge in [0, 0.05) is 0 Å². The lowest BCUT2D eigenvalue weighted by Gasteiger charge is -2.17. The zero-order valence-corrected chi connectivity index (χ0v) is 9.55. The van der Waals surface area contributed by atoms with Crippen molar-refractivity contribution in [3.63, 3.8) is 0 Å². The number of hydrogen-bond donors (Lipinski definition) is 1. The Hall–Kier alpha value is -1.26. The second-order valence-corrected chi connectivity index (χ2v) is 3.59. The summed E-state index contributed by atoms with van der Waals surface area (Å²) in [6.07, 6.45) is -4.41. The lowest BCUT2D eigenvalue weighted by atomic mass is 9.99. The van der Waals surface area contributed by atoms with Gasteiger partial charge in [-0.3, -0.25) is 0 Å². The Balaban J connectivity index is 0.00000144. The molecule has 1 atom stereocenters. The average molecular weight is 262 g/mol. The van der Waals surface area contributed by atoms with Crippen molar-refractivity contribution in [1.29, 1.82) is 0 Å². The summed E-state index contributed by atoms with van der Waals surface area (Å²) >= 11 is 0. The van der Waals surface area contributed by atoms with Crippen LogP contribution in [-0.4, -0.2) is 6.18 Å². The Morgan fingerprint density at radius 2 is 1.53 bits per heavy atom. The standard InChI is InChI=1S/C12H10F3N.ClH/c13-12(14,15)11(16)10-7-3-5-8-4-1-2-6-9(8)10;/h1-7,11H,16H2;1H/t11-;/m0./s1. The minimum Gasteiger partial charge on any atom is -0.316 e. The first kappa shape index (κ1) is 13.8. The molecule has 0 aliphatic rings. The minimum absolute atomic E-state index is 0. The molecule has 0 aliphatic heterocycles. The quantitative estimate of drug-likeness (QED) is 0.830. The van der Waals surface area contributed by atoms with Crippen molar-refractivity contribution >= 4 is 23.2 Å². The average Bonchev–Trinajstić information content (AvgIpc) is 2.26. The molecule has 5 heteroatoms. The van der Waals surface area contributed by atoms with E-state index in [-0.39, 0.29) is 18.0 Å². The van der Waals surface area contributed by atoms with E-state index in [1.54, 1.807) is 36.4 Å². The highest BCUT2D eigenvalue weighted by Crippen LogP contribution is 2.34. The van der Waals surface area contributed by atoms with Crippen molar-refractivity contribution in [3.05, 3.63) is 48.0 Å². The van der Waals surface area contributed by atoms with E-state index >= 15 is 0 Å². The van der Waals surface area contributed by atoms with Gasteiger partial charge in [0.05, 0.1) is 0 Å². The Morgan fingerprint density at radius 3 is 2.18 bits per heavy atom. The molecule has 0 heterocycles. The molecule has 2 aromatic carbocycles. The molecule has 0 unspecified atom stereocenters. The van der Waals surface area contributed by atoms with Gasteiger partial charge in [-0.1, -0.05) is 42.5 Å². The molecule has 0 saturated carbocycles. The van der Waals surface area contributed by atoms with Crippen LogP contribution in [0.5, 0.6) is 0 Å². The molecule has 92 valence electrons. The van der Waals surface area contributed by atoms with Crippen LogP contribution in [0.3, 0.4) is 0 Å². The monoisotopic (exact) mass is 261 g/mol. The maximum Gasteiger partial charge on any atom is 0.407 e. The summed E-state index contributed by atoms with van der Waals surface area (Å²) in [7, 11) is 0. The van der Waals surface area contributed by atoms with Crippen LogP contribution in [0.25, 0.3) is 10.8 Å². The topological polar surface area (TPSA) is 26.0 Å². The molecule has 17 heavy (non-hydrogen) atoms. The molecule has 0 aromatic heterocycles. The van der Waals surface area contributed by atoms with Crippen LogP contribution in [0.4, 0.5) is 13.2 Å². The summed E-state index contributed by atoms with van der Waals surface area (Å²) in [6.45, 7) is 0. The van der Waals surface area contributed by atoms with Crippen LogP contribution in [0, 0.1) is 0 Å². The minimum atomic E-state index is -4.41. The highest BCUT2D eigenvalue weighted by molar-refractivity contribution is 5.86. The predicted octanol–water partition coefficient (Wildman–Crippen LogP) is 3.82. The fourth-order valence-corrected chi connectivity index (χ4v) is 1.70. The third kappa shape index (κ3) is 2.70. The fraction of sp³-hybridized carbons (Fsp3) is 0.167. The molecule has 0 aliphatic carbocycles. The maximum atomic E-state index is 12.5. The summed E-state index contributed by atoms with van der Waals surface area (Å²) in [5.41, 5.74) is 5.33. The zero-order valence-electron chi connectivity index (χ0n) is 8.74. The van der Waals surface area contributed by atoms with E-state index in [2.05, 4.69) is 0 Å². The van der Waals surface area contributed by atoms with Crippen molar-refractivity contribution in [2.24, 2.45) is 5.73 Å². The second-order valence-electron chi connectivity index (χ2n) is 3.59. The van der Waals surface area contributed by atoms with Crippen molar-refractivity contribution < 1.29 is 13.2 Å². The smallest absolute Gasteiger partial charge is 0.316 e. The highest BCUT2D eigenvalue weighted by atomic mass is 35.5. The van der Waals surface area contributed by atoms with Crippen LogP contribution in [-0.2, 0) is 0 Å². The third-order valence-electron chi connectivity index (χ3n) is 2.51. The number of nitrogens with two attached hydrogens (primary N) is 1. The van der Waals surface area contributed by atoms with Crippen molar-refractivity contribution in [2.45, 2.75) is 12.2 Å². The highest BCUT2D eigenvalue weighted by Gasteiger charge is 2.38. The van der Waals surface area contributed by atoms with Crippen molar-refractivity contribution in [2.75, 3.05) is 0 Å². The molecule has 0 saturated heterocycles. The van der Waals surface area contributed by atoms with Crippen molar-refractivity contribution in [1.82, 2.24) is 0 Å². The molecule has 2 rings (SSSR count). The van der Waals surface area contributed by atoms with Gasteiger partial charge in [0.25, 0.3) is 0 Å². The van der Waals surface area contributed by atoms with E-state index in [1.807, 2.05) is 0 Å². The first-order chi connectivity index (χ1) is 7.50. The van der Waals surface area contributed by atoms with Gasteiger partial charge in [-0.2, -0.15) is 13.2 Å². The number of hydrogen-bond acceptors (Lipinski definition) is 1. The van der Waals surface area contributed by atoms with Gasteiger partial charge in [0.15, 0.2) is 0 Å². The van der Waals surface area contributed by atoms with E-state index in [4.69, 9.17) is 5.73 Å². The summed E-state index contributed by atoms with van der Waals surface area (Å²) in [5, 5.41) is 1.31. The van der Waals surface area contributed by atoms with E-state index in [9.17, 15) is 13.2 Å². The molecule has 2 N–H and O–H groups in total. The van der Waals surface area contributed by atoms with Crippen LogP contribution in [0.1, 0.15) is 11.6 Å². The normalized spacial score (nSPS) is 13.2. The number of fused-ring (bicyclic) bond motifs is 1. The van der Waals surface area contributed by atoms with Crippen molar-refractivity contribution in [3.8, 4) is 0 Å². The predicted molar refractivity (Wildman–Crippen MR) is 64.2 cm³/mol. The Morgan fingerprint density at radius 1 is 0.941 bits per heavy atom. The maximum absolute atomic E-state index is 12.5. The molecule has 0 radical (unpaired) electrons. The number of rotatable bonds is 1. The first-order valence-electron chi connectivity index (χ1n) is 4.80. The van der Waals surface area contributed by atoms with Gasteiger partial charge in [-0.15, -0.1) is 12.4 Å². The van der Waals surface area contributed by atoms with E-state index in [0.29, 0.717) is 5.39 Å². The van der Waals surface area contributed by atoms with Crippen LogP contribution < -0.4 is 5.73 Å². The summed E-state index contributed by atoms with van der Waals surface area (Å²) in [4.78, 5) is 0. The van der Waals surface area contributed by atoms with E-state index < -0.39 is 12.2 Å². The number of benzene rings is 2. The van der Waals surface area contributed by atoms with Gasteiger partial charge in [-0.25, -0.2) is 0 Å². The number of alkyl halides is 3. The summed E-state index contributed by atoms with van der Waals surface area (Å²) in [5.74, 6) is 0. The molecule has 1 nitrogen and oxygen atoms in total. The molecule has 0 bridgehead atoms. The largest absolute Gasteiger partial charge is 0.407 e. The lowest BCUT2D eigenvalue weighted by molar-refractivity contribution is -0.148. The third-order valence-corrected chi connectivity index (χ3v) is 2.51. The number of halogens is 4. The Labute approximate surface area is 103 Å².